The van der Waals surface area contributed by atoms with Crippen molar-refractivity contribution >= 4 is 40.5 Å². The van der Waals surface area contributed by atoms with Crippen LogP contribution in [-0.4, -0.2) is 46.7 Å². The van der Waals surface area contributed by atoms with Crippen molar-refractivity contribution in [3.05, 3.63) is 32.5 Å². The van der Waals surface area contributed by atoms with E-state index in [9.17, 15) is 19.5 Å². The molecule has 0 fully saturated rings. The van der Waals surface area contributed by atoms with Gasteiger partial charge in [0, 0.05) is 26.5 Å². The molecule has 3 rings (SSSR count). The molecule has 1 N–H and O–H groups in total. The van der Waals surface area contributed by atoms with Gasteiger partial charge in [-0.1, -0.05) is 33.3 Å². The molecule has 38 heavy (non-hydrogen) atoms. The maximum Gasteiger partial charge on any atom is 0.414 e. The number of unbranched alkanes of at least 4 members (excludes halogenated alkanes) is 1. The van der Waals surface area contributed by atoms with Gasteiger partial charge in [-0.3, -0.25) is 4.79 Å². The predicted octanol–water partition coefficient (Wildman–Crippen LogP) is 7.53. The topological polar surface area (TPSA) is 93.1 Å². The number of rotatable bonds is 9. The Hall–Kier alpha value is -2.45. The number of thiophene rings is 1. The molecule has 8 heteroatoms. The summed E-state index contributed by atoms with van der Waals surface area (Å²) in [4.78, 5) is 41.2. The first kappa shape index (κ1) is 30.1. The van der Waals surface area contributed by atoms with E-state index in [0.29, 0.717) is 12.0 Å². The van der Waals surface area contributed by atoms with Crippen molar-refractivity contribution in [1.82, 2.24) is 4.90 Å². The van der Waals surface area contributed by atoms with E-state index in [0.717, 1.165) is 69.0 Å². The van der Waals surface area contributed by atoms with Crippen molar-refractivity contribution in [3.63, 3.8) is 0 Å². The van der Waals surface area contributed by atoms with E-state index in [4.69, 9.17) is 9.47 Å². The molecule has 210 valence electrons. The number of imide groups is 1. The molecule has 0 bridgehead atoms. The number of aryl methyl sites for hydroxylation is 1. The molecule has 0 saturated carbocycles. The number of hydrogen-bond donors (Lipinski definition) is 1. The fraction of sp³-hybridized carbons (Fsp3) is 0.633. The molecule has 0 saturated heterocycles. The minimum absolute atomic E-state index is 0.0165. The second-order valence-corrected chi connectivity index (χ2v) is 13.2. The Balaban J connectivity index is 2.31. The quantitative estimate of drug-likeness (QED) is 0.322. The Kier molecular flexibility index (Phi) is 9.30. The Labute approximate surface area is 230 Å². The summed E-state index contributed by atoms with van der Waals surface area (Å²) in [6.07, 6.45) is 4.97. The highest BCUT2D eigenvalue weighted by atomic mass is 32.1. The van der Waals surface area contributed by atoms with Crippen LogP contribution in [0.1, 0.15) is 114 Å². The monoisotopic (exact) mass is 545 g/mol. The van der Waals surface area contributed by atoms with Crippen LogP contribution in [0, 0.1) is 12.3 Å². The number of nitrogens with zero attached hydrogens (tertiary/aromatic N) is 1. The summed E-state index contributed by atoms with van der Waals surface area (Å²) in [5.41, 5.74) is 3.68. The number of carbonyl (C=O) groups is 3. The molecule has 0 aromatic carbocycles. The third kappa shape index (κ3) is 6.57. The molecule has 1 aromatic heterocycles. The van der Waals surface area contributed by atoms with Gasteiger partial charge < -0.3 is 14.6 Å². The van der Waals surface area contributed by atoms with Crippen molar-refractivity contribution in [2.75, 3.05) is 13.2 Å². The van der Waals surface area contributed by atoms with Crippen molar-refractivity contribution in [2.24, 2.45) is 5.41 Å². The Morgan fingerprint density at radius 3 is 2.45 bits per heavy atom. The van der Waals surface area contributed by atoms with Gasteiger partial charge in [0.25, 0.3) is 5.91 Å². The van der Waals surface area contributed by atoms with Gasteiger partial charge in [0.15, 0.2) is 6.10 Å². The van der Waals surface area contributed by atoms with Crippen LogP contribution in [-0.2, 0) is 19.1 Å². The highest BCUT2D eigenvalue weighted by Gasteiger charge is 2.40. The van der Waals surface area contributed by atoms with Gasteiger partial charge in [0.1, 0.15) is 0 Å². The Morgan fingerprint density at radius 2 is 1.92 bits per heavy atom. The van der Waals surface area contributed by atoms with Gasteiger partial charge in [-0.15, -0.1) is 11.3 Å². The zero-order valence-electron chi connectivity index (χ0n) is 24.2. The van der Waals surface area contributed by atoms with E-state index >= 15 is 0 Å². The maximum absolute atomic E-state index is 13.3. The van der Waals surface area contributed by atoms with Gasteiger partial charge in [0.2, 0.25) is 0 Å². The average molecular weight is 546 g/mol. The summed E-state index contributed by atoms with van der Waals surface area (Å²) >= 11 is 1.52. The van der Waals surface area contributed by atoms with Gasteiger partial charge in [-0.2, -0.15) is 0 Å². The summed E-state index contributed by atoms with van der Waals surface area (Å²) < 4.78 is 11.8. The van der Waals surface area contributed by atoms with Gasteiger partial charge in [-0.25, -0.2) is 14.5 Å². The van der Waals surface area contributed by atoms with Crippen LogP contribution in [0.5, 0.6) is 0 Å². The molecule has 1 aromatic rings. The molecule has 2 heterocycles. The fourth-order valence-electron chi connectivity index (χ4n) is 5.10. The fourth-order valence-corrected chi connectivity index (χ4v) is 6.38. The summed E-state index contributed by atoms with van der Waals surface area (Å²) in [5.74, 6) is -0.881. The maximum atomic E-state index is 13.3. The van der Waals surface area contributed by atoms with Crippen LogP contribution < -0.4 is 0 Å². The minimum Gasteiger partial charge on any atom is -0.465 e. The van der Waals surface area contributed by atoms with Gasteiger partial charge in [0.05, 0.1) is 18.8 Å². The van der Waals surface area contributed by atoms with Crippen molar-refractivity contribution in [2.45, 2.75) is 106 Å². The lowest BCUT2D eigenvalue weighted by molar-refractivity contribution is -0.166. The van der Waals surface area contributed by atoms with Crippen LogP contribution >= 0.6 is 11.3 Å². The standard InChI is InChI=1S/C30H43NO6S/c1-9-11-12-20-21(17-31(26(20)32)28(34)35)25-23(19-13-15-30(7,8)16-14-19)22(18(3)38-25)24(27(33)36-10-2)37-29(4,5)6/h13,24H,9-12,14-17H2,1-8H3,(H,34,35). The number of esters is 1. The van der Waals surface area contributed by atoms with Crippen molar-refractivity contribution in [3.8, 4) is 0 Å². The third-order valence-corrected chi connectivity index (χ3v) is 8.31. The zero-order chi connectivity index (χ0) is 28.4. The average Bonchev–Trinajstić information content (AvgIpc) is 3.32. The third-order valence-electron chi connectivity index (χ3n) is 7.13. The van der Waals surface area contributed by atoms with E-state index in [1.807, 2.05) is 27.7 Å². The molecule has 1 aliphatic heterocycles. The smallest absolute Gasteiger partial charge is 0.414 e. The molecule has 0 spiro atoms. The van der Waals surface area contributed by atoms with Crippen LogP contribution in [0.4, 0.5) is 4.79 Å². The van der Waals surface area contributed by atoms with Crippen LogP contribution in [0.15, 0.2) is 11.6 Å². The highest BCUT2D eigenvalue weighted by Crippen LogP contribution is 2.49. The first-order chi connectivity index (χ1) is 17.7. The molecule has 1 atom stereocenters. The van der Waals surface area contributed by atoms with Crippen LogP contribution in [0.3, 0.4) is 0 Å². The second-order valence-electron chi connectivity index (χ2n) is 12.0. The van der Waals surface area contributed by atoms with Gasteiger partial charge in [-0.05, 0) is 83.3 Å². The van der Waals surface area contributed by atoms with E-state index in [1.54, 1.807) is 6.92 Å². The summed E-state index contributed by atoms with van der Waals surface area (Å²) in [7, 11) is 0. The number of hydrogen-bond acceptors (Lipinski definition) is 6. The summed E-state index contributed by atoms with van der Waals surface area (Å²) in [5, 5.41) is 9.76. The lowest BCUT2D eigenvalue weighted by atomic mass is 9.76. The molecular weight excluding hydrogens is 502 g/mol. The number of amides is 2. The molecule has 7 nitrogen and oxygen atoms in total. The molecule has 0 radical (unpaired) electrons. The lowest BCUT2D eigenvalue weighted by Gasteiger charge is -2.31. The number of carbonyl (C=O) groups excluding carboxylic acids is 2. The van der Waals surface area contributed by atoms with Gasteiger partial charge >= 0.3 is 12.1 Å². The van der Waals surface area contributed by atoms with Crippen molar-refractivity contribution < 1.29 is 29.0 Å². The van der Waals surface area contributed by atoms with Crippen LogP contribution in [0.2, 0.25) is 0 Å². The normalized spacial score (nSPS) is 18.6. The molecule has 1 aliphatic carbocycles. The van der Waals surface area contributed by atoms with E-state index < -0.39 is 29.7 Å². The second kappa shape index (κ2) is 11.7. The zero-order valence-corrected chi connectivity index (χ0v) is 25.0. The SMILES string of the molecule is CCCCC1=C(c2sc(C)c(C(OC(C)(C)C)C(=O)OCC)c2C2=CCC(C)(C)CC2)CN(C(=O)O)C1=O. The van der Waals surface area contributed by atoms with E-state index in [1.165, 1.54) is 11.3 Å². The largest absolute Gasteiger partial charge is 0.465 e. The number of carboxylic acid groups (broad SMARTS) is 1. The highest BCUT2D eigenvalue weighted by molar-refractivity contribution is 7.13. The van der Waals surface area contributed by atoms with Crippen LogP contribution in [0.25, 0.3) is 11.1 Å². The summed E-state index contributed by atoms with van der Waals surface area (Å²) in [6, 6.07) is 0. The summed E-state index contributed by atoms with van der Waals surface area (Å²) in [6.45, 7) is 16.3. The van der Waals surface area contributed by atoms with E-state index in [-0.39, 0.29) is 18.6 Å². The first-order valence-electron chi connectivity index (χ1n) is 13.6. The number of ether oxygens (including phenoxy) is 2. The molecular formula is C30H43NO6S. The number of allylic oxidation sites excluding steroid dienone is 2. The molecule has 2 amide bonds. The Bertz CT molecular complexity index is 1150. The first-order valence-corrected chi connectivity index (χ1v) is 14.5. The Morgan fingerprint density at radius 1 is 1.24 bits per heavy atom. The minimum atomic E-state index is -1.24. The molecule has 1 unspecified atom stereocenters. The lowest BCUT2D eigenvalue weighted by Crippen LogP contribution is -2.32. The molecule has 2 aliphatic rings. The van der Waals surface area contributed by atoms with E-state index in [2.05, 4.69) is 26.8 Å². The predicted molar refractivity (Wildman–Crippen MR) is 151 cm³/mol. The van der Waals surface area contributed by atoms with Crippen molar-refractivity contribution in [1.29, 1.82) is 0 Å².